The van der Waals surface area contributed by atoms with Gasteiger partial charge in [-0.05, 0) is 61.9 Å². The Hall–Kier alpha value is -4.23. The van der Waals surface area contributed by atoms with Gasteiger partial charge in [0.15, 0.2) is 0 Å². The number of nitrogens with one attached hydrogen (secondary N) is 1. The molecule has 0 spiro atoms. The van der Waals surface area contributed by atoms with Gasteiger partial charge in [0.25, 0.3) is 5.91 Å². The zero-order valence-corrected chi connectivity index (χ0v) is 23.0. The molecule has 5 rings (SSSR count). The Morgan fingerprint density at radius 2 is 1.51 bits per heavy atom. The summed E-state index contributed by atoms with van der Waals surface area (Å²) >= 11 is 6.15. The number of benzene rings is 3. The zero-order chi connectivity index (χ0) is 27.5. The molecular formula is C31H31ClN4O3. The molecule has 39 heavy (non-hydrogen) atoms. The molecule has 3 aromatic carbocycles. The second kappa shape index (κ2) is 11.3. The van der Waals surface area contributed by atoms with Crippen molar-refractivity contribution >= 4 is 29.2 Å². The van der Waals surface area contributed by atoms with E-state index in [4.69, 9.17) is 16.3 Å². The number of amides is 3. The van der Waals surface area contributed by atoms with E-state index in [0.717, 1.165) is 39.6 Å². The lowest BCUT2D eigenvalue weighted by Gasteiger charge is -2.34. The average Bonchev–Trinajstić information content (AvgIpc) is 3.31. The molecule has 0 unspecified atom stereocenters. The number of piperazine rings is 1. The molecule has 2 heterocycles. The lowest BCUT2D eigenvalue weighted by atomic mass is 10.1. The molecule has 1 saturated heterocycles. The zero-order valence-electron chi connectivity index (χ0n) is 22.3. The first-order chi connectivity index (χ1) is 18.8. The molecule has 200 valence electrons. The predicted molar refractivity (Wildman–Crippen MR) is 155 cm³/mol. The fraction of sp³-hybridized carbons (Fsp3) is 0.226. The van der Waals surface area contributed by atoms with Gasteiger partial charge < -0.3 is 24.4 Å². The van der Waals surface area contributed by atoms with Crippen LogP contribution in [0.25, 0.3) is 16.9 Å². The predicted octanol–water partition coefficient (Wildman–Crippen LogP) is 6.41. The van der Waals surface area contributed by atoms with Crippen LogP contribution in [0.15, 0.2) is 78.9 Å². The van der Waals surface area contributed by atoms with Crippen LogP contribution in [0.4, 0.5) is 10.5 Å². The number of aryl methyl sites for hydroxylation is 1. The van der Waals surface area contributed by atoms with E-state index >= 15 is 0 Å². The number of nitrogens with zero attached hydrogens (tertiary/aromatic N) is 3. The molecule has 0 saturated carbocycles. The van der Waals surface area contributed by atoms with Crippen LogP contribution in [-0.2, 0) is 0 Å². The van der Waals surface area contributed by atoms with Crippen LogP contribution in [0, 0.1) is 13.8 Å². The van der Waals surface area contributed by atoms with Crippen molar-refractivity contribution in [1.29, 1.82) is 0 Å². The maximum atomic E-state index is 13.8. The van der Waals surface area contributed by atoms with E-state index in [0.29, 0.717) is 36.8 Å². The molecule has 1 fully saturated rings. The molecule has 8 heteroatoms. The standard InChI is InChI=1S/C31H31ClN4O3/c1-21-7-13-25(14-8-21)33-31(38)35-17-15-34(16-18-35)30(37)28-20-29(23-9-11-24(32)12-10-23)36(22(28)2)26-5-4-6-27(19-26)39-3/h4-14,19-20H,15-18H2,1-3H3,(H,33,38). The number of anilines is 1. The molecule has 0 atom stereocenters. The highest BCUT2D eigenvalue weighted by atomic mass is 35.5. The monoisotopic (exact) mass is 542 g/mol. The molecule has 1 aromatic heterocycles. The molecule has 7 nitrogen and oxygen atoms in total. The number of hydrogen-bond acceptors (Lipinski definition) is 3. The Kier molecular flexibility index (Phi) is 7.61. The first-order valence-electron chi connectivity index (χ1n) is 12.9. The van der Waals surface area contributed by atoms with Gasteiger partial charge in [-0.25, -0.2) is 4.79 Å². The summed E-state index contributed by atoms with van der Waals surface area (Å²) in [5.74, 6) is 0.679. The van der Waals surface area contributed by atoms with Gasteiger partial charge >= 0.3 is 6.03 Å². The summed E-state index contributed by atoms with van der Waals surface area (Å²) in [6.07, 6.45) is 0. The van der Waals surface area contributed by atoms with Gasteiger partial charge in [0.2, 0.25) is 0 Å². The second-order valence-electron chi connectivity index (χ2n) is 9.65. The smallest absolute Gasteiger partial charge is 0.321 e. The van der Waals surface area contributed by atoms with E-state index in [2.05, 4.69) is 9.88 Å². The lowest BCUT2D eigenvalue weighted by molar-refractivity contribution is 0.0671. The Balaban J connectivity index is 1.38. The van der Waals surface area contributed by atoms with Crippen molar-refractivity contribution in [2.24, 2.45) is 0 Å². The van der Waals surface area contributed by atoms with Crippen molar-refractivity contribution in [2.45, 2.75) is 13.8 Å². The number of carbonyl (C=O) groups excluding carboxylic acids is 2. The van der Waals surface area contributed by atoms with Crippen LogP contribution in [0.1, 0.15) is 21.6 Å². The van der Waals surface area contributed by atoms with E-state index in [-0.39, 0.29) is 11.9 Å². The van der Waals surface area contributed by atoms with Crippen molar-refractivity contribution in [2.75, 3.05) is 38.6 Å². The van der Waals surface area contributed by atoms with Crippen molar-refractivity contribution in [3.63, 3.8) is 0 Å². The Morgan fingerprint density at radius 1 is 0.846 bits per heavy atom. The van der Waals surface area contributed by atoms with Crippen LogP contribution in [0.3, 0.4) is 0 Å². The molecule has 0 aliphatic carbocycles. The summed E-state index contributed by atoms with van der Waals surface area (Å²) in [4.78, 5) is 30.1. The van der Waals surface area contributed by atoms with Crippen molar-refractivity contribution in [3.05, 3.63) is 101 Å². The number of methoxy groups -OCH3 is 1. The molecule has 1 aliphatic rings. The minimum absolute atomic E-state index is 0.0528. The van der Waals surface area contributed by atoms with Gasteiger partial charge in [-0.2, -0.15) is 0 Å². The maximum absolute atomic E-state index is 13.8. The van der Waals surface area contributed by atoms with Gasteiger partial charge in [0, 0.05) is 54.3 Å². The van der Waals surface area contributed by atoms with E-state index in [1.54, 1.807) is 12.0 Å². The number of aromatic nitrogens is 1. The fourth-order valence-corrected chi connectivity index (χ4v) is 4.99. The number of carbonyl (C=O) groups is 2. The minimum Gasteiger partial charge on any atom is -0.497 e. The van der Waals surface area contributed by atoms with Crippen molar-refractivity contribution in [1.82, 2.24) is 14.4 Å². The highest BCUT2D eigenvalue weighted by Gasteiger charge is 2.28. The van der Waals surface area contributed by atoms with E-state index in [9.17, 15) is 9.59 Å². The number of hydrogen-bond donors (Lipinski definition) is 1. The summed E-state index contributed by atoms with van der Waals surface area (Å²) in [6.45, 7) is 5.80. The maximum Gasteiger partial charge on any atom is 0.321 e. The summed E-state index contributed by atoms with van der Waals surface area (Å²) in [7, 11) is 1.64. The molecule has 3 amide bonds. The van der Waals surface area contributed by atoms with Crippen LogP contribution in [0.2, 0.25) is 5.02 Å². The van der Waals surface area contributed by atoms with Crippen LogP contribution in [-0.4, -0.2) is 59.6 Å². The molecule has 1 N–H and O–H groups in total. The molecular weight excluding hydrogens is 512 g/mol. The average molecular weight is 543 g/mol. The quantitative estimate of drug-likeness (QED) is 0.317. The highest BCUT2D eigenvalue weighted by molar-refractivity contribution is 6.30. The Labute approximate surface area is 233 Å². The number of ether oxygens (including phenoxy) is 1. The van der Waals surface area contributed by atoms with E-state index in [1.165, 1.54) is 0 Å². The third-order valence-electron chi connectivity index (χ3n) is 7.09. The minimum atomic E-state index is -0.156. The van der Waals surface area contributed by atoms with Gasteiger partial charge in [0.05, 0.1) is 18.4 Å². The fourth-order valence-electron chi connectivity index (χ4n) is 4.86. The van der Waals surface area contributed by atoms with E-state index < -0.39 is 0 Å². The lowest BCUT2D eigenvalue weighted by Crippen LogP contribution is -2.51. The molecule has 4 aromatic rings. The summed E-state index contributed by atoms with van der Waals surface area (Å²) in [5, 5.41) is 3.59. The van der Waals surface area contributed by atoms with Crippen molar-refractivity contribution in [3.8, 4) is 22.7 Å². The van der Waals surface area contributed by atoms with Crippen LogP contribution >= 0.6 is 11.6 Å². The van der Waals surface area contributed by atoms with Gasteiger partial charge in [-0.3, -0.25) is 4.79 Å². The topological polar surface area (TPSA) is 66.8 Å². The normalized spacial score (nSPS) is 13.3. The number of rotatable bonds is 5. The Bertz CT molecular complexity index is 1490. The number of urea groups is 1. The van der Waals surface area contributed by atoms with Gasteiger partial charge in [0.1, 0.15) is 5.75 Å². The highest BCUT2D eigenvalue weighted by Crippen LogP contribution is 2.32. The SMILES string of the molecule is COc1cccc(-n2c(-c3ccc(Cl)cc3)cc(C(=O)N3CCN(C(=O)Nc4ccc(C)cc4)CC3)c2C)c1. The first kappa shape index (κ1) is 26.4. The third kappa shape index (κ3) is 5.64. The summed E-state index contributed by atoms with van der Waals surface area (Å²) in [5.41, 5.74) is 6.08. The molecule has 0 radical (unpaired) electrons. The summed E-state index contributed by atoms with van der Waals surface area (Å²) < 4.78 is 7.53. The van der Waals surface area contributed by atoms with Gasteiger partial charge in [-0.1, -0.05) is 47.5 Å². The third-order valence-corrected chi connectivity index (χ3v) is 7.34. The number of halogens is 1. The second-order valence-corrected chi connectivity index (χ2v) is 10.1. The molecule has 0 bridgehead atoms. The van der Waals surface area contributed by atoms with Crippen molar-refractivity contribution < 1.29 is 14.3 Å². The summed E-state index contributed by atoms with van der Waals surface area (Å²) in [6, 6.07) is 24.9. The van der Waals surface area contributed by atoms with Gasteiger partial charge in [-0.15, -0.1) is 0 Å². The first-order valence-corrected chi connectivity index (χ1v) is 13.3. The van der Waals surface area contributed by atoms with Crippen LogP contribution in [0.5, 0.6) is 5.75 Å². The van der Waals surface area contributed by atoms with E-state index in [1.807, 2.05) is 97.6 Å². The largest absolute Gasteiger partial charge is 0.497 e. The Morgan fingerprint density at radius 3 is 2.18 bits per heavy atom. The van der Waals surface area contributed by atoms with Crippen LogP contribution < -0.4 is 10.1 Å². The molecule has 1 aliphatic heterocycles.